The lowest BCUT2D eigenvalue weighted by molar-refractivity contribution is 0.0266. The molecule has 18 heavy (non-hydrogen) atoms. The molecule has 0 amide bonds. The molecule has 0 radical (unpaired) electrons. The Bertz CT molecular complexity index is 439. The van der Waals surface area contributed by atoms with Crippen LogP contribution in [0.25, 0.3) is 0 Å². The predicted octanol–water partition coefficient (Wildman–Crippen LogP) is 3.76. The van der Waals surface area contributed by atoms with E-state index in [2.05, 4.69) is 50.1 Å². The number of rotatable bonds is 1. The predicted molar refractivity (Wildman–Crippen MR) is 76.9 cm³/mol. The van der Waals surface area contributed by atoms with E-state index < -0.39 is 0 Å². The average molecular weight is 243 g/mol. The Morgan fingerprint density at radius 1 is 1.33 bits per heavy atom. The molecule has 0 aromatic heterocycles. The second-order valence-electron chi connectivity index (χ2n) is 6.62. The summed E-state index contributed by atoms with van der Waals surface area (Å²) < 4.78 is 0. The molecule has 2 bridgehead atoms. The van der Waals surface area contributed by atoms with Crippen molar-refractivity contribution in [1.82, 2.24) is 4.90 Å². The van der Waals surface area contributed by atoms with Gasteiger partial charge in [-0.3, -0.25) is 0 Å². The highest BCUT2D eigenvalue weighted by Crippen LogP contribution is 2.49. The fourth-order valence-electron chi connectivity index (χ4n) is 4.36. The Balaban J connectivity index is 2.01. The van der Waals surface area contributed by atoms with Crippen LogP contribution >= 0.6 is 0 Å². The number of fused-ring (bicyclic) bond motifs is 2. The lowest BCUT2D eigenvalue weighted by Gasteiger charge is -2.53. The van der Waals surface area contributed by atoms with Crippen molar-refractivity contribution < 1.29 is 0 Å². The first-order valence-corrected chi connectivity index (χ1v) is 7.39. The van der Waals surface area contributed by atoms with Crippen LogP contribution in [0.4, 0.5) is 0 Å². The molecule has 1 nitrogen and oxygen atoms in total. The van der Waals surface area contributed by atoms with Crippen LogP contribution < -0.4 is 0 Å². The molecule has 0 spiro atoms. The molecule has 3 rings (SSSR count). The number of nitrogens with zero attached hydrogens (tertiary/aromatic N) is 1. The number of aryl methyl sites for hydroxylation is 1. The van der Waals surface area contributed by atoms with E-state index in [0.717, 1.165) is 12.0 Å². The van der Waals surface area contributed by atoms with Gasteiger partial charge in [0.1, 0.15) is 0 Å². The summed E-state index contributed by atoms with van der Waals surface area (Å²) in [4.78, 5) is 2.60. The van der Waals surface area contributed by atoms with Crippen molar-refractivity contribution in [3.63, 3.8) is 0 Å². The van der Waals surface area contributed by atoms with E-state index in [4.69, 9.17) is 0 Å². The molecule has 1 aromatic carbocycles. The summed E-state index contributed by atoms with van der Waals surface area (Å²) in [5.41, 5.74) is 3.48. The summed E-state index contributed by atoms with van der Waals surface area (Å²) in [6.45, 7) is 5.94. The Hall–Kier alpha value is -0.820. The van der Waals surface area contributed by atoms with Gasteiger partial charge in [-0.1, -0.05) is 43.2 Å². The molecular weight excluding hydrogens is 218 g/mol. The van der Waals surface area contributed by atoms with Gasteiger partial charge >= 0.3 is 0 Å². The van der Waals surface area contributed by atoms with Crippen LogP contribution in [-0.4, -0.2) is 24.5 Å². The molecule has 1 aliphatic heterocycles. The van der Waals surface area contributed by atoms with E-state index in [1.165, 1.54) is 37.8 Å². The minimum atomic E-state index is 0.460. The second kappa shape index (κ2) is 4.38. The molecule has 1 saturated heterocycles. The van der Waals surface area contributed by atoms with Crippen LogP contribution in [0.15, 0.2) is 24.3 Å². The van der Waals surface area contributed by atoms with Crippen LogP contribution in [0.2, 0.25) is 0 Å². The van der Waals surface area contributed by atoms with Gasteiger partial charge in [-0.25, -0.2) is 0 Å². The monoisotopic (exact) mass is 243 g/mol. The molecule has 1 aromatic rings. The summed E-state index contributed by atoms with van der Waals surface area (Å²) in [6, 6.07) is 10.1. The molecule has 2 fully saturated rings. The highest BCUT2D eigenvalue weighted by Gasteiger charge is 2.46. The van der Waals surface area contributed by atoms with Gasteiger partial charge < -0.3 is 4.90 Å². The Morgan fingerprint density at radius 3 is 2.94 bits per heavy atom. The zero-order chi connectivity index (χ0) is 12.8. The van der Waals surface area contributed by atoms with Gasteiger partial charge in [-0.15, -0.1) is 0 Å². The van der Waals surface area contributed by atoms with Crippen LogP contribution in [0.5, 0.6) is 0 Å². The van der Waals surface area contributed by atoms with Crippen LogP contribution in [-0.2, 0) is 5.41 Å². The average Bonchev–Trinajstić information content (AvgIpc) is 2.37. The molecule has 2 aliphatic rings. The van der Waals surface area contributed by atoms with E-state index >= 15 is 0 Å². The summed E-state index contributed by atoms with van der Waals surface area (Å²) in [6.07, 6.45) is 5.56. The summed E-state index contributed by atoms with van der Waals surface area (Å²) >= 11 is 0. The van der Waals surface area contributed by atoms with Gasteiger partial charge in [-0.2, -0.15) is 0 Å². The summed E-state index contributed by atoms with van der Waals surface area (Å²) in [5, 5.41) is 0. The molecule has 0 N–H and O–H groups in total. The summed E-state index contributed by atoms with van der Waals surface area (Å²) in [5.74, 6) is 0.779. The molecule has 98 valence electrons. The zero-order valence-electron chi connectivity index (χ0n) is 11.9. The molecular formula is C17H25N. The number of hydrogen-bond acceptors (Lipinski definition) is 1. The van der Waals surface area contributed by atoms with Crippen molar-refractivity contribution in [2.75, 3.05) is 13.6 Å². The van der Waals surface area contributed by atoms with Crippen molar-refractivity contribution in [2.24, 2.45) is 5.92 Å². The van der Waals surface area contributed by atoms with E-state index in [0.29, 0.717) is 5.41 Å². The first kappa shape index (κ1) is 12.2. The van der Waals surface area contributed by atoms with Gasteiger partial charge in [0, 0.05) is 18.0 Å². The third-order valence-corrected chi connectivity index (χ3v) is 5.48. The molecule has 3 atom stereocenters. The van der Waals surface area contributed by atoms with Crippen molar-refractivity contribution in [1.29, 1.82) is 0 Å². The Labute approximate surface area is 111 Å². The van der Waals surface area contributed by atoms with E-state index in [9.17, 15) is 0 Å². The summed E-state index contributed by atoms with van der Waals surface area (Å²) in [7, 11) is 2.31. The largest absolute Gasteiger partial charge is 0.303 e. The highest BCUT2D eigenvalue weighted by atomic mass is 15.1. The smallest absolute Gasteiger partial charge is 0.0101 e. The van der Waals surface area contributed by atoms with Gasteiger partial charge in [0.2, 0.25) is 0 Å². The zero-order valence-corrected chi connectivity index (χ0v) is 11.9. The number of benzene rings is 1. The van der Waals surface area contributed by atoms with Gasteiger partial charge in [0.15, 0.2) is 0 Å². The molecule has 1 aliphatic carbocycles. The van der Waals surface area contributed by atoms with E-state index in [-0.39, 0.29) is 0 Å². The minimum absolute atomic E-state index is 0.460. The van der Waals surface area contributed by atoms with Gasteiger partial charge in [0.05, 0.1) is 0 Å². The fourth-order valence-corrected chi connectivity index (χ4v) is 4.36. The maximum Gasteiger partial charge on any atom is 0.0101 e. The van der Waals surface area contributed by atoms with E-state index in [1.54, 1.807) is 5.56 Å². The molecule has 1 heterocycles. The second-order valence-corrected chi connectivity index (χ2v) is 6.62. The topological polar surface area (TPSA) is 3.24 Å². The SMILES string of the molecule is Cc1cccc(C23CCCC(C2)N(C)CC3C)c1. The highest BCUT2D eigenvalue weighted by molar-refractivity contribution is 5.32. The minimum Gasteiger partial charge on any atom is -0.303 e. The third-order valence-electron chi connectivity index (χ3n) is 5.48. The van der Waals surface area contributed by atoms with Crippen molar-refractivity contribution in [3.8, 4) is 0 Å². The molecule has 1 heteroatoms. The maximum absolute atomic E-state index is 2.60. The number of hydrogen-bond donors (Lipinski definition) is 0. The fraction of sp³-hybridized carbons (Fsp3) is 0.647. The van der Waals surface area contributed by atoms with Crippen molar-refractivity contribution in [2.45, 2.75) is 51.0 Å². The molecule has 1 saturated carbocycles. The van der Waals surface area contributed by atoms with E-state index in [1.807, 2.05) is 0 Å². The van der Waals surface area contributed by atoms with Crippen LogP contribution in [0, 0.1) is 12.8 Å². The first-order valence-electron chi connectivity index (χ1n) is 7.39. The Kier molecular flexibility index (Phi) is 2.97. The number of piperidine rings is 1. The van der Waals surface area contributed by atoms with Gasteiger partial charge in [0.25, 0.3) is 0 Å². The normalized spacial score (nSPS) is 36.6. The van der Waals surface area contributed by atoms with Gasteiger partial charge in [-0.05, 0) is 44.7 Å². The lowest BCUT2D eigenvalue weighted by atomic mass is 9.59. The maximum atomic E-state index is 2.60. The Morgan fingerprint density at radius 2 is 2.17 bits per heavy atom. The molecule has 3 unspecified atom stereocenters. The van der Waals surface area contributed by atoms with Crippen LogP contribution in [0.3, 0.4) is 0 Å². The van der Waals surface area contributed by atoms with Crippen molar-refractivity contribution in [3.05, 3.63) is 35.4 Å². The number of likely N-dealkylation sites (tertiary alicyclic amines) is 1. The lowest BCUT2D eigenvalue weighted by Crippen LogP contribution is -2.55. The van der Waals surface area contributed by atoms with Crippen molar-refractivity contribution >= 4 is 0 Å². The quantitative estimate of drug-likeness (QED) is 0.726. The third kappa shape index (κ3) is 1.80. The standard InChI is InChI=1S/C17H25N/c1-13-6-4-7-15(10-13)17-9-5-8-16(11-17)18(3)12-14(17)2/h4,6-7,10,14,16H,5,8-9,11-12H2,1-3H3. The first-order chi connectivity index (χ1) is 8.62. The van der Waals surface area contributed by atoms with Crippen LogP contribution in [0.1, 0.15) is 43.7 Å².